The molecular weight excluding hydrogens is 431 g/mol. The van der Waals surface area contributed by atoms with Gasteiger partial charge in [0.05, 0.1) is 11.4 Å². The molecule has 2 heterocycles. The van der Waals surface area contributed by atoms with Crippen molar-refractivity contribution in [1.29, 1.82) is 0 Å². The topological polar surface area (TPSA) is 64.2 Å². The van der Waals surface area contributed by atoms with Crippen LogP contribution in [-0.2, 0) is 9.59 Å². The van der Waals surface area contributed by atoms with E-state index in [2.05, 4.69) is 4.90 Å². The molecule has 2 aliphatic rings. The lowest BCUT2D eigenvalue weighted by atomic mass is 10.1. The molecule has 0 radical (unpaired) electrons. The molecule has 0 N–H and O–H groups in total. The first kappa shape index (κ1) is 22.1. The molecule has 0 saturated carbocycles. The molecule has 168 valence electrons. The molecule has 1 saturated heterocycles. The largest absolute Gasteiger partial charge is 0.368 e. The average Bonchev–Trinajstić information content (AvgIpc) is 2.80. The van der Waals surface area contributed by atoms with Gasteiger partial charge in [0, 0.05) is 56.4 Å². The van der Waals surface area contributed by atoms with Crippen LogP contribution in [0.25, 0.3) is 0 Å². The van der Waals surface area contributed by atoms with Gasteiger partial charge in [0.2, 0.25) is 11.8 Å². The van der Waals surface area contributed by atoms with Crippen LogP contribution >= 0.6 is 11.8 Å². The van der Waals surface area contributed by atoms with Gasteiger partial charge in [0.1, 0.15) is 12.4 Å². The lowest BCUT2D eigenvalue weighted by Gasteiger charge is -2.37. The molecule has 7 nitrogen and oxygen atoms in total. The first-order chi connectivity index (χ1) is 15.3. The quantitative estimate of drug-likeness (QED) is 0.707. The summed E-state index contributed by atoms with van der Waals surface area (Å²) in [5.41, 5.74) is 2.01. The summed E-state index contributed by atoms with van der Waals surface area (Å²) in [6.07, 6.45) is 0. The van der Waals surface area contributed by atoms with Crippen molar-refractivity contribution in [2.75, 3.05) is 62.4 Å². The van der Waals surface area contributed by atoms with E-state index in [1.807, 2.05) is 6.07 Å². The summed E-state index contributed by atoms with van der Waals surface area (Å²) in [4.78, 5) is 45.8. The van der Waals surface area contributed by atoms with E-state index in [0.29, 0.717) is 37.4 Å². The van der Waals surface area contributed by atoms with Crippen molar-refractivity contribution in [2.24, 2.45) is 0 Å². The maximum absolute atomic E-state index is 13.2. The Morgan fingerprint density at radius 2 is 1.72 bits per heavy atom. The predicted octanol–water partition coefficient (Wildman–Crippen LogP) is 2.31. The number of rotatable bonds is 4. The second-order valence-corrected chi connectivity index (χ2v) is 9.01. The van der Waals surface area contributed by atoms with Crippen molar-refractivity contribution >= 4 is 40.9 Å². The molecule has 1 fully saturated rings. The van der Waals surface area contributed by atoms with E-state index < -0.39 is 0 Å². The van der Waals surface area contributed by atoms with Crippen LogP contribution in [0.4, 0.5) is 15.8 Å². The van der Waals surface area contributed by atoms with Gasteiger partial charge in [-0.3, -0.25) is 14.4 Å². The Morgan fingerprint density at radius 1 is 1.03 bits per heavy atom. The van der Waals surface area contributed by atoms with Crippen molar-refractivity contribution in [2.45, 2.75) is 4.90 Å². The summed E-state index contributed by atoms with van der Waals surface area (Å²) in [6.45, 7) is 2.28. The van der Waals surface area contributed by atoms with Gasteiger partial charge in [-0.2, -0.15) is 0 Å². The summed E-state index contributed by atoms with van der Waals surface area (Å²) in [7, 11) is 3.35. The molecule has 2 aliphatic heterocycles. The van der Waals surface area contributed by atoms with Crippen molar-refractivity contribution < 1.29 is 18.8 Å². The fraction of sp³-hybridized carbons (Fsp3) is 0.348. The Morgan fingerprint density at radius 3 is 2.38 bits per heavy atom. The fourth-order valence-corrected chi connectivity index (χ4v) is 4.78. The second kappa shape index (κ2) is 9.20. The number of amides is 3. The number of anilines is 2. The zero-order valence-electron chi connectivity index (χ0n) is 18.1. The standard InChI is InChI=1S/C23H25FN4O3S/c1-25(2)23(31)16-3-8-20-19(13-16)28(22(30)15-32-20)14-21(29)27-11-9-26(10-12-27)18-6-4-17(24)5-7-18/h3-8,13H,9-12,14-15H2,1-2H3. The van der Waals surface area contributed by atoms with Crippen molar-refractivity contribution in [3.05, 3.63) is 53.8 Å². The maximum atomic E-state index is 13.2. The third kappa shape index (κ3) is 4.57. The second-order valence-electron chi connectivity index (χ2n) is 7.99. The monoisotopic (exact) mass is 456 g/mol. The molecule has 2 aromatic carbocycles. The number of hydrogen-bond donors (Lipinski definition) is 0. The lowest BCUT2D eigenvalue weighted by Crippen LogP contribution is -2.52. The third-order valence-corrected chi connectivity index (χ3v) is 6.72. The number of carbonyl (C=O) groups excluding carboxylic acids is 3. The van der Waals surface area contributed by atoms with Crippen molar-refractivity contribution in [3.8, 4) is 0 Å². The highest BCUT2D eigenvalue weighted by Gasteiger charge is 2.30. The summed E-state index contributed by atoms with van der Waals surface area (Å²) in [6, 6.07) is 11.6. The molecule has 9 heteroatoms. The molecule has 32 heavy (non-hydrogen) atoms. The highest BCUT2D eigenvalue weighted by Crippen LogP contribution is 2.36. The number of hydrogen-bond acceptors (Lipinski definition) is 5. The minimum atomic E-state index is -0.275. The smallest absolute Gasteiger partial charge is 0.253 e. The van der Waals surface area contributed by atoms with Gasteiger partial charge in [-0.15, -0.1) is 11.8 Å². The van der Waals surface area contributed by atoms with Gasteiger partial charge < -0.3 is 19.6 Å². The van der Waals surface area contributed by atoms with E-state index in [9.17, 15) is 18.8 Å². The van der Waals surface area contributed by atoms with Crippen molar-refractivity contribution in [3.63, 3.8) is 0 Å². The van der Waals surface area contributed by atoms with Crippen LogP contribution in [0.15, 0.2) is 47.4 Å². The van der Waals surface area contributed by atoms with E-state index in [4.69, 9.17) is 0 Å². The SMILES string of the molecule is CN(C)C(=O)c1ccc2c(c1)N(CC(=O)N1CCN(c3ccc(F)cc3)CC1)C(=O)CS2. The lowest BCUT2D eigenvalue weighted by molar-refractivity contribution is -0.131. The fourth-order valence-electron chi connectivity index (χ4n) is 3.87. The zero-order chi connectivity index (χ0) is 22.8. The first-order valence-electron chi connectivity index (χ1n) is 10.4. The van der Waals surface area contributed by atoms with Crippen LogP contribution < -0.4 is 9.80 Å². The van der Waals surface area contributed by atoms with E-state index in [1.165, 1.54) is 33.7 Å². The van der Waals surface area contributed by atoms with Gasteiger partial charge in [0.25, 0.3) is 5.91 Å². The zero-order valence-corrected chi connectivity index (χ0v) is 18.9. The van der Waals surface area contributed by atoms with E-state index in [1.54, 1.807) is 43.3 Å². The number of fused-ring (bicyclic) bond motifs is 1. The molecule has 0 atom stereocenters. The molecule has 0 unspecified atom stereocenters. The molecule has 2 aromatic rings. The van der Waals surface area contributed by atoms with Gasteiger partial charge in [0.15, 0.2) is 0 Å². The number of thioether (sulfide) groups is 1. The summed E-state index contributed by atoms with van der Waals surface area (Å²) >= 11 is 1.42. The summed E-state index contributed by atoms with van der Waals surface area (Å²) in [5, 5.41) is 0. The molecular formula is C23H25FN4O3S. The summed E-state index contributed by atoms with van der Waals surface area (Å²) < 4.78 is 13.2. The Hall–Kier alpha value is -3.07. The van der Waals surface area contributed by atoms with E-state index in [0.717, 1.165) is 10.6 Å². The van der Waals surface area contributed by atoms with Crippen molar-refractivity contribution in [1.82, 2.24) is 9.80 Å². The molecule has 0 spiro atoms. The highest BCUT2D eigenvalue weighted by molar-refractivity contribution is 8.00. The Labute approximate surface area is 190 Å². The highest BCUT2D eigenvalue weighted by atomic mass is 32.2. The van der Waals surface area contributed by atoms with E-state index >= 15 is 0 Å². The van der Waals surface area contributed by atoms with Crippen LogP contribution in [0.2, 0.25) is 0 Å². The maximum Gasteiger partial charge on any atom is 0.253 e. The number of halogens is 1. The molecule has 0 bridgehead atoms. The van der Waals surface area contributed by atoms with Crippen LogP contribution in [0.3, 0.4) is 0 Å². The third-order valence-electron chi connectivity index (χ3n) is 5.67. The van der Waals surface area contributed by atoms with Crippen LogP contribution in [0.5, 0.6) is 0 Å². The number of piperazine rings is 1. The van der Waals surface area contributed by atoms with Gasteiger partial charge in [-0.25, -0.2) is 4.39 Å². The minimum absolute atomic E-state index is 0.0530. The van der Waals surface area contributed by atoms with Gasteiger partial charge in [-0.1, -0.05) is 0 Å². The molecule has 0 aromatic heterocycles. The van der Waals surface area contributed by atoms with Gasteiger partial charge >= 0.3 is 0 Å². The predicted molar refractivity (Wildman–Crippen MR) is 123 cm³/mol. The Balaban J connectivity index is 1.44. The summed E-state index contributed by atoms with van der Waals surface area (Å²) in [5.74, 6) is -0.434. The van der Waals surface area contributed by atoms with Crippen LogP contribution in [0, 0.1) is 5.82 Å². The number of benzene rings is 2. The van der Waals surface area contributed by atoms with Crippen LogP contribution in [-0.4, -0.2) is 80.1 Å². The van der Waals surface area contributed by atoms with Crippen LogP contribution in [0.1, 0.15) is 10.4 Å². The average molecular weight is 457 g/mol. The molecule has 0 aliphatic carbocycles. The van der Waals surface area contributed by atoms with Gasteiger partial charge in [-0.05, 0) is 42.5 Å². The van der Waals surface area contributed by atoms with E-state index in [-0.39, 0.29) is 35.8 Å². The number of nitrogens with zero attached hydrogens (tertiary/aromatic N) is 4. The molecule has 4 rings (SSSR count). The normalized spacial score (nSPS) is 16.1. The first-order valence-corrected chi connectivity index (χ1v) is 11.4. The number of carbonyl (C=O) groups is 3. The minimum Gasteiger partial charge on any atom is -0.368 e. The molecule has 3 amide bonds. The Kier molecular flexibility index (Phi) is 6.36. The Bertz CT molecular complexity index is 1040.